The molecule has 0 radical (unpaired) electrons. The summed E-state index contributed by atoms with van der Waals surface area (Å²) in [5, 5.41) is 6.72. The average Bonchev–Trinajstić information content (AvgIpc) is 2.62. The molecule has 1 aromatic rings. The Hall–Kier alpha value is -1.59. The number of guanidine groups is 1. The zero-order valence-corrected chi connectivity index (χ0v) is 16.3. The molecule has 2 rings (SSSR count). The number of hydrogen-bond acceptors (Lipinski definition) is 3. The Kier molecular flexibility index (Phi) is 7.72. The number of fused-ring (bicyclic) bond motifs is 1. The Morgan fingerprint density at radius 2 is 2.00 bits per heavy atom. The fourth-order valence-electron chi connectivity index (χ4n) is 3.15. The van der Waals surface area contributed by atoms with Gasteiger partial charge in [-0.05, 0) is 44.7 Å². The van der Waals surface area contributed by atoms with Gasteiger partial charge in [-0.15, -0.1) is 0 Å². The van der Waals surface area contributed by atoms with Crippen LogP contribution >= 0.6 is 0 Å². The molecule has 1 aromatic carbocycles. The minimum absolute atomic E-state index is 0.0302. The van der Waals surface area contributed by atoms with Crippen LogP contribution in [0.25, 0.3) is 0 Å². The van der Waals surface area contributed by atoms with Gasteiger partial charge in [-0.25, -0.2) is 0 Å². The molecule has 0 atom stereocenters. The summed E-state index contributed by atoms with van der Waals surface area (Å²) >= 11 is 0. The highest BCUT2D eigenvalue weighted by Crippen LogP contribution is 2.25. The van der Waals surface area contributed by atoms with Crippen molar-refractivity contribution in [2.45, 2.75) is 45.7 Å². The summed E-state index contributed by atoms with van der Waals surface area (Å²) in [6, 6.07) is 8.79. The van der Waals surface area contributed by atoms with Gasteiger partial charge in [0.05, 0.1) is 6.54 Å². The summed E-state index contributed by atoms with van der Waals surface area (Å²) in [5.41, 5.74) is 2.98. The van der Waals surface area contributed by atoms with Gasteiger partial charge in [-0.2, -0.15) is 0 Å². The molecule has 0 bridgehead atoms. The minimum Gasteiger partial charge on any atom is -0.385 e. The number of nitrogens with one attached hydrogen (secondary N) is 2. The van der Waals surface area contributed by atoms with Gasteiger partial charge < -0.3 is 15.4 Å². The highest BCUT2D eigenvalue weighted by atomic mass is 16.5. The molecule has 0 unspecified atom stereocenters. The summed E-state index contributed by atoms with van der Waals surface area (Å²) in [6.07, 6.45) is 2.10. The van der Waals surface area contributed by atoms with Crippen molar-refractivity contribution < 1.29 is 4.74 Å². The van der Waals surface area contributed by atoms with Crippen LogP contribution in [0.4, 0.5) is 0 Å². The molecule has 0 aliphatic carbocycles. The standard InChI is InChI=1S/C20H34N4O/c1-5-21-19(22-12-8-14-25-4)23-16-20(2,3)24-13-11-17-9-6-7-10-18(17)15-24/h6-7,9-10H,5,8,11-16H2,1-4H3,(H2,21,22,23). The van der Waals surface area contributed by atoms with Crippen LogP contribution < -0.4 is 10.6 Å². The lowest BCUT2D eigenvalue weighted by Crippen LogP contribution is -2.49. The molecule has 2 N–H and O–H groups in total. The van der Waals surface area contributed by atoms with Crippen molar-refractivity contribution in [2.75, 3.05) is 39.9 Å². The van der Waals surface area contributed by atoms with Gasteiger partial charge in [0.15, 0.2) is 5.96 Å². The van der Waals surface area contributed by atoms with E-state index in [-0.39, 0.29) is 5.54 Å². The fourth-order valence-corrected chi connectivity index (χ4v) is 3.15. The molecular weight excluding hydrogens is 312 g/mol. The van der Waals surface area contributed by atoms with E-state index in [2.05, 4.69) is 60.6 Å². The molecule has 0 fully saturated rings. The van der Waals surface area contributed by atoms with Crippen molar-refractivity contribution in [3.8, 4) is 0 Å². The number of methoxy groups -OCH3 is 1. The van der Waals surface area contributed by atoms with Crippen LogP contribution in [0.15, 0.2) is 29.3 Å². The Morgan fingerprint density at radius 3 is 2.72 bits per heavy atom. The first-order valence-corrected chi connectivity index (χ1v) is 9.40. The van der Waals surface area contributed by atoms with Crippen molar-refractivity contribution in [3.05, 3.63) is 35.4 Å². The van der Waals surface area contributed by atoms with Gasteiger partial charge in [0.1, 0.15) is 0 Å². The fraction of sp³-hybridized carbons (Fsp3) is 0.650. The Labute approximate surface area is 152 Å². The first-order valence-electron chi connectivity index (χ1n) is 9.40. The van der Waals surface area contributed by atoms with Crippen molar-refractivity contribution in [1.29, 1.82) is 0 Å². The molecule has 1 aliphatic rings. The van der Waals surface area contributed by atoms with E-state index in [1.54, 1.807) is 7.11 Å². The second-order valence-electron chi connectivity index (χ2n) is 7.22. The Bertz CT molecular complexity index is 556. The number of hydrogen-bond donors (Lipinski definition) is 2. The van der Waals surface area contributed by atoms with E-state index in [1.807, 2.05) is 0 Å². The summed E-state index contributed by atoms with van der Waals surface area (Å²) < 4.78 is 5.10. The van der Waals surface area contributed by atoms with E-state index < -0.39 is 0 Å². The molecule has 0 aromatic heterocycles. The first-order chi connectivity index (χ1) is 12.1. The third kappa shape index (κ3) is 6.01. The highest BCUT2D eigenvalue weighted by Gasteiger charge is 2.29. The first kappa shape index (κ1) is 19.7. The molecule has 140 valence electrons. The van der Waals surface area contributed by atoms with Crippen molar-refractivity contribution in [2.24, 2.45) is 4.99 Å². The molecule has 1 heterocycles. The third-order valence-electron chi connectivity index (χ3n) is 4.77. The molecule has 0 saturated heterocycles. The molecule has 1 aliphatic heterocycles. The van der Waals surface area contributed by atoms with Gasteiger partial charge in [-0.3, -0.25) is 9.89 Å². The Balaban J connectivity index is 1.94. The molecule has 25 heavy (non-hydrogen) atoms. The minimum atomic E-state index is 0.0302. The van der Waals surface area contributed by atoms with E-state index in [9.17, 15) is 0 Å². The maximum atomic E-state index is 5.10. The second-order valence-corrected chi connectivity index (χ2v) is 7.22. The van der Waals surface area contributed by atoms with E-state index in [4.69, 9.17) is 9.73 Å². The normalized spacial score (nSPS) is 15.8. The van der Waals surface area contributed by atoms with Crippen molar-refractivity contribution in [3.63, 3.8) is 0 Å². The van der Waals surface area contributed by atoms with Crippen molar-refractivity contribution >= 4 is 5.96 Å². The molecule has 5 heteroatoms. The smallest absolute Gasteiger partial charge is 0.191 e. The molecular formula is C20H34N4O. The van der Waals surface area contributed by atoms with Gasteiger partial charge in [0, 0.05) is 45.4 Å². The van der Waals surface area contributed by atoms with Crippen LogP contribution in [0.1, 0.15) is 38.3 Å². The summed E-state index contributed by atoms with van der Waals surface area (Å²) in [4.78, 5) is 7.37. The summed E-state index contributed by atoms with van der Waals surface area (Å²) in [5.74, 6) is 0.893. The van der Waals surface area contributed by atoms with Gasteiger partial charge in [0.2, 0.25) is 0 Å². The number of aliphatic imine (C=N–C) groups is 1. The van der Waals surface area contributed by atoms with Gasteiger partial charge in [-0.1, -0.05) is 24.3 Å². The maximum absolute atomic E-state index is 5.10. The quantitative estimate of drug-likeness (QED) is 0.431. The van der Waals surface area contributed by atoms with E-state index in [0.29, 0.717) is 0 Å². The maximum Gasteiger partial charge on any atom is 0.191 e. The van der Waals surface area contributed by atoms with Crippen LogP contribution in [0.5, 0.6) is 0 Å². The van der Waals surface area contributed by atoms with E-state index in [1.165, 1.54) is 11.1 Å². The molecule has 0 amide bonds. The zero-order chi connectivity index (χ0) is 18.1. The molecule has 0 saturated carbocycles. The zero-order valence-electron chi connectivity index (χ0n) is 16.3. The third-order valence-corrected chi connectivity index (χ3v) is 4.77. The van der Waals surface area contributed by atoms with Crippen LogP contribution in [-0.4, -0.2) is 56.3 Å². The van der Waals surface area contributed by atoms with Gasteiger partial charge in [0.25, 0.3) is 0 Å². The second kappa shape index (κ2) is 9.78. The summed E-state index contributed by atoms with van der Waals surface area (Å²) in [7, 11) is 1.73. The van der Waals surface area contributed by atoms with Crippen LogP contribution in [-0.2, 0) is 17.7 Å². The SMILES string of the molecule is CCNC(=NCC(C)(C)N1CCc2ccccc2C1)NCCCOC. The highest BCUT2D eigenvalue weighted by molar-refractivity contribution is 5.79. The topological polar surface area (TPSA) is 48.9 Å². The number of rotatable bonds is 8. The number of nitrogens with zero attached hydrogens (tertiary/aromatic N) is 2. The predicted molar refractivity (Wildman–Crippen MR) is 105 cm³/mol. The monoisotopic (exact) mass is 346 g/mol. The Morgan fingerprint density at radius 1 is 1.24 bits per heavy atom. The average molecular weight is 347 g/mol. The lowest BCUT2D eigenvalue weighted by atomic mass is 9.94. The van der Waals surface area contributed by atoms with E-state index >= 15 is 0 Å². The summed E-state index contributed by atoms with van der Waals surface area (Å²) in [6.45, 7) is 12.1. The van der Waals surface area contributed by atoms with Crippen LogP contribution in [0.2, 0.25) is 0 Å². The number of ether oxygens (including phenoxy) is 1. The lowest BCUT2D eigenvalue weighted by molar-refractivity contribution is 0.111. The van der Waals surface area contributed by atoms with Crippen LogP contribution in [0.3, 0.4) is 0 Å². The number of benzene rings is 1. The molecule has 5 nitrogen and oxygen atoms in total. The molecule has 0 spiro atoms. The predicted octanol–water partition coefficient (Wildman–Crippen LogP) is 2.41. The van der Waals surface area contributed by atoms with Crippen LogP contribution in [0, 0.1) is 0 Å². The largest absolute Gasteiger partial charge is 0.385 e. The van der Waals surface area contributed by atoms with E-state index in [0.717, 1.165) is 58.1 Å². The lowest BCUT2D eigenvalue weighted by Gasteiger charge is -2.40. The van der Waals surface area contributed by atoms with Crippen molar-refractivity contribution in [1.82, 2.24) is 15.5 Å². The van der Waals surface area contributed by atoms with Gasteiger partial charge >= 0.3 is 0 Å².